The number of nitrogens with zero attached hydrogens (tertiary/aromatic N) is 5. The van der Waals surface area contributed by atoms with Crippen molar-refractivity contribution in [3.63, 3.8) is 0 Å². The zero-order valence-corrected chi connectivity index (χ0v) is 12.0. The third-order valence-electron chi connectivity index (χ3n) is 4.80. The van der Waals surface area contributed by atoms with E-state index in [-0.39, 0.29) is 0 Å². The second kappa shape index (κ2) is 4.15. The van der Waals surface area contributed by atoms with E-state index in [1.807, 2.05) is 11.4 Å². The highest BCUT2D eigenvalue weighted by molar-refractivity contribution is 5.54. The number of aromatic nitrogens is 4. The molecule has 106 valence electrons. The topological polar surface area (TPSA) is 55.5 Å². The summed E-state index contributed by atoms with van der Waals surface area (Å²) in [4.78, 5) is 11.2. The van der Waals surface area contributed by atoms with E-state index in [0.717, 1.165) is 37.8 Å². The van der Waals surface area contributed by atoms with Gasteiger partial charge in [-0.15, -0.1) is 0 Å². The molecule has 0 bridgehead atoms. The van der Waals surface area contributed by atoms with Gasteiger partial charge in [-0.25, -0.2) is 4.98 Å². The molecular formula is C14H19N5O. The predicted octanol–water partition coefficient (Wildman–Crippen LogP) is 1.36. The molecule has 2 saturated heterocycles. The van der Waals surface area contributed by atoms with E-state index < -0.39 is 0 Å². The van der Waals surface area contributed by atoms with Crippen LogP contribution in [0, 0.1) is 19.3 Å². The lowest BCUT2D eigenvalue weighted by Gasteiger charge is -2.25. The zero-order valence-electron chi connectivity index (χ0n) is 12.0. The van der Waals surface area contributed by atoms with Crippen molar-refractivity contribution in [1.82, 2.24) is 19.6 Å². The van der Waals surface area contributed by atoms with Crippen LogP contribution in [0.3, 0.4) is 0 Å². The van der Waals surface area contributed by atoms with E-state index in [1.165, 1.54) is 18.4 Å². The standard InChI is InChI=1S/C14H19N5O/c1-10-11(2)17-13-15-9-16-19(13)12(10)18-5-3-14(7-18)4-6-20-8-14/h9H,3-8H2,1-2H3/t14-/m1/s1. The molecule has 0 aromatic carbocycles. The number of hydrogen-bond donors (Lipinski definition) is 0. The Morgan fingerprint density at radius 2 is 2.20 bits per heavy atom. The maximum absolute atomic E-state index is 5.62. The van der Waals surface area contributed by atoms with Gasteiger partial charge in [0.2, 0.25) is 0 Å². The van der Waals surface area contributed by atoms with Crippen LogP contribution < -0.4 is 4.90 Å². The van der Waals surface area contributed by atoms with Gasteiger partial charge in [-0.3, -0.25) is 0 Å². The molecule has 1 spiro atoms. The van der Waals surface area contributed by atoms with Crippen LogP contribution in [0.2, 0.25) is 0 Å². The zero-order chi connectivity index (χ0) is 13.7. The van der Waals surface area contributed by atoms with Crippen molar-refractivity contribution < 1.29 is 4.74 Å². The smallest absolute Gasteiger partial charge is 0.254 e. The van der Waals surface area contributed by atoms with Gasteiger partial charge in [-0.2, -0.15) is 14.6 Å². The second-order valence-corrected chi connectivity index (χ2v) is 6.09. The molecule has 2 fully saturated rings. The number of fused-ring (bicyclic) bond motifs is 1. The molecule has 0 N–H and O–H groups in total. The molecule has 0 amide bonds. The lowest BCUT2D eigenvalue weighted by atomic mass is 9.87. The molecule has 0 radical (unpaired) electrons. The Kier molecular flexibility index (Phi) is 2.51. The van der Waals surface area contributed by atoms with E-state index in [4.69, 9.17) is 4.74 Å². The van der Waals surface area contributed by atoms with Gasteiger partial charge in [-0.05, 0) is 26.7 Å². The maximum atomic E-state index is 5.62. The highest BCUT2D eigenvalue weighted by atomic mass is 16.5. The third-order valence-corrected chi connectivity index (χ3v) is 4.80. The van der Waals surface area contributed by atoms with Crippen molar-refractivity contribution >= 4 is 11.6 Å². The number of hydrogen-bond acceptors (Lipinski definition) is 5. The van der Waals surface area contributed by atoms with Gasteiger partial charge in [-0.1, -0.05) is 0 Å². The fourth-order valence-corrected chi connectivity index (χ4v) is 3.47. The van der Waals surface area contributed by atoms with Crippen molar-refractivity contribution in [2.75, 3.05) is 31.2 Å². The van der Waals surface area contributed by atoms with Crippen LogP contribution in [-0.4, -0.2) is 45.9 Å². The fourth-order valence-electron chi connectivity index (χ4n) is 3.47. The molecule has 20 heavy (non-hydrogen) atoms. The highest BCUT2D eigenvalue weighted by Crippen LogP contribution is 2.40. The van der Waals surface area contributed by atoms with E-state index in [2.05, 4.69) is 26.9 Å². The van der Waals surface area contributed by atoms with E-state index >= 15 is 0 Å². The average molecular weight is 273 g/mol. The molecule has 0 unspecified atom stereocenters. The summed E-state index contributed by atoms with van der Waals surface area (Å²) < 4.78 is 7.49. The van der Waals surface area contributed by atoms with Crippen molar-refractivity contribution in [2.24, 2.45) is 5.41 Å². The summed E-state index contributed by atoms with van der Waals surface area (Å²) in [5.74, 6) is 1.83. The quantitative estimate of drug-likeness (QED) is 0.785. The minimum atomic E-state index is 0.344. The minimum absolute atomic E-state index is 0.344. The average Bonchev–Trinajstić information content (AvgIpc) is 3.14. The van der Waals surface area contributed by atoms with Crippen LogP contribution in [0.5, 0.6) is 0 Å². The molecular weight excluding hydrogens is 254 g/mol. The van der Waals surface area contributed by atoms with Crippen LogP contribution >= 0.6 is 0 Å². The summed E-state index contributed by atoms with van der Waals surface area (Å²) in [7, 11) is 0. The summed E-state index contributed by atoms with van der Waals surface area (Å²) in [6, 6.07) is 0. The first-order valence-electron chi connectivity index (χ1n) is 7.18. The van der Waals surface area contributed by atoms with Crippen molar-refractivity contribution in [1.29, 1.82) is 0 Å². The van der Waals surface area contributed by atoms with E-state index in [9.17, 15) is 0 Å². The Morgan fingerprint density at radius 3 is 3.00 bits per heavy atom. The van der Waals surface area contributed by atoms with Crippen molar-refractivity contribution in [3.05, 3.63) is 17.6 Å². The van der Waals surface area contributed by atoms with Gasteiger partial charge in [0, 0.05) is 36.4 Å². The predicted molar refractivity (Wildman–Crippen MR) is 75.0 cm³/mol. The van der Waals surface area contributed by atoms with Crippen LogP contribution in [0.1, 0.15) is 24.1 Å². The summed E-state index contributed by atoms with van der Waals surface area (Å²) in [5, 5.41) is 4.35. The molecule has 0 saturated carbocycles. The van der Waals surface area contributed by atoms with Gasteiger partial charge in [0.15, 0.2) is 0 Å². The van der Waals surface area contributed by atoms with E-state index in [1.54, 1.807) is 6.33 Å². The van der Waals surface area contributed by atoms with Crippen LogP contribution in [0.15, 0.2) is 6.33 Å². The molecule has 4 rings (SSSR count). The van der Waals surface area contributed by atoms with Gasteiger partial charge >= 0.3 is 0 Å². The molecule has 1 atom stereocenters. The molecule has 2 aliphatic heterocycles. The number of rotatable bonds is 1. The molecule has 2 aromatic heterocycles. The molecule has 2 aromatic rings. The van der Waals surface area contributed by atoms with Gasteiger partial charge < -0.3 is 9.64 Å². The Morgan fingerprint density at radius 1 is 1.30 bits per heavy atom. The lowest BCUT2D eigenvalue weighted by molar-refractivity contribution is 0.160. The normalized spacial score (nSPS) is 26.2. The number of ether oxygens (including phenoxy) is 1. The molecule has 2 aliphatic rings. The first kappa shape index (κ1) is 12.1. The van der Waals surface area contributed by atoms with Gasteiger partial charge in [0.1, 0.15) is 12.1 Å². The Labute approximate surface area is 117 Å². The highest BCUT2D eigenvalue weighted by Gasteiger charge is 2.42. The monoisotopic (exact) mass is 273 g/mol. The Balaban J connectivity index is 1.79. The number of anilines is 1. The summed E-state index contributed by atoms with van der Waals surface area (Å²) >= 11 is 0. The third kappa shape index (κ3) is 1.64. The van der Waals surface area contributed by atoms with Crippen LogP contribution in [0.25, 0.3) is 5.78 Å². The second-order valence-electron chi connectivity index (χ2n) is 6.09. The number of aryl methyl sites for hydroxylation is 1. The van der Waals surface area contributed by atoms with E-state index in [0.29, 0.717) is 11.2 Å². The summed E-state index contributed by atoms with van der Waals surface area (Å²) in [6.45, 7) is 8.07. The maximum Gasteiger partial charge on any atom is 0.254 e. The minimum Gasteiger partial charge on any atom is -0.381 e. The largest absolute Gasteiger partial charge is 0.381 e. The molecule has 6 nitrogen and oxygen atoms in total. The SMILES string of the molecule is Cc1nc2ncnn2c(N2CC[C@@]3(CCOC3)C2)c1C. The van der Waals surface area contributed by atoms with Crippen LogP contribution in [-0.2, 0) is 4.74 Å². The molecule has 0 aliphatic carbocycles. The summed E-state index contributed by atoms with van der Waals surface area (Å²) in [6.07, 6.45) is 3.95. The van der Waals surface area contributed by atoms with Gasteiger partial charge in [0.05, 0.1) is 6.61 Å². The first-order valence-corrected chi connectivity index (χ1v) is 7.18. The summed E-state index contributed by atoms with van der Waals surface area (Å²) in [5.41, 5.74) is 2.57. The molecule has 4 heterocycles. The Bertz CT molecular complexity index is 659. The Hall–Kier alpha value is -1.69. The fraction of sp³-hybridized carbons (Fsp3) is 0.643. The van der Waals surface area contributed by atoms with Crippen molar-refractivity contribution in [2.45, 2.75) is 26.7 Å². The van der Waals surface area contributed by atoms with Crippen LogP contribution in [0.4, 0.5) is 5.82 Å². The lowest BCUT2D eigenvalue weighted by Crippen LogP contribution is -2.29. The van der Waals surface area contributed by atoms with Gasteiger partial charge in [0.25, 0.3) is 5.78 Å². The molecule has 6 heteroatoms. The first-order chi connectivity index (χ1) is 9.69. The van der Waals surface area contributed by atoms with Crippen molar-refractivity contribution in [3.8, 4) is 0 Å².